The number of nitrogens with zero attached hydrogens (tertiary/aromatic N) is 3. The fourth-order valence-electron chi connectivity index (χ4n) is 4.61. The molecule has 1 aromatic heterocycles. The molecule has 1 saturated carbocycles. The van der Waals surface area contributed by atoms with Crippen LogP contribution in [0.25, 0.3) is 0 Å². The minimum absolute atomic E-state index is 0.159. The van der Waals surface area contributed by atoms with Gasteiger partial charge in [-0.05, 0) is 44.9 Å². The highest BCUT2D eigenvalue weighted by Crippen LogP contribution is 2.43. The Morgan fingerprint density at radius 3 is 2.78 bits per heavy atom. The highest BCUT2D eigenvalue weighted by atomic mass is 32.1. The Morgan fingerprint density at radius 1 is 1.22 bits per heavy atom. The van der Waals surface area contributed by atoms with E-state index in [-0.39, 0.29) is 11.5 Å². The van der Waals surface area contributed by atoms with Crippen molar-refractivity contribution in [2.75, 3.05) is 24.5 Å². The first kappa shape index (κ1) is 15.4. The number of thiazole rings is 1. The van der Waals surface area contributed by atoms with Gasteiger partial charge in [-0.3, -0.25) is 4.79 Å². The van der Waals surface area contributed by atoms with Gasteiger partial charge in [-0.15, -0.1) is 11.3 Å². The summed E-state index contributed by atoms with van der Waals surface area (Å²) in [5.74, 6) is 0.361. The summed E-state index contributed by atoms with van der Waals surface area (Å²) in [5.41, 5.74) is -0.194. The first-order valence-corrected chi connectivity index (χ1v) is 9.69. The van der Waals surface area contributed by atoms with Gasteiger partial charge in [-0.1, -0.05) is 0 Å². The van der Waals surface area contributed by atoms with Crippen LogP contribution in [-0.4, -0.2) is 52.7 Å². The number of hydrogen-bond donors (Lipinski definition) is 1. The van der Waals surface area contributed by atoms with Gasteiger partial charge >= 0.3 is 0 Å². The molecular formula is C17H25N3O2S. The SMILES string of the molecule is O=C1N([C@H]2CC[C@H](O)CC2)CC[C@]12CCCN(c1nccs1)C2. The zero-order valence-electron chi connectivity index (χ0n) is 13.5. The number of rotatable bonds is 2. The Hall–Kier alpha value is -1.14. The zero-order valence-corrected chi connectivity index (χ0v) is 14.3. The third-order valence-corrected chi connectivity index (χ3v) is 6.75. The predicted octanol–water partition coefficient (Wildman–Crippen LogP) is 2.27. The van der Waals surface area contributed by atoms with E-state index >= 15 is 0 Å². The Bertz CT molecular complexity index is 556. The summed E-state index contributed by atoms with van der Waals surface area (Å²) < 4.78 is 0. The van der Waals surface area contributed by atoms with Gasteiger partial charge in [-0.25, -0.2) is 4.98 Å². The van der Waals surface area contributed by atoms with Crippen molar-refractivity contribution in [2.24, 2.45) is 5.41 Å². The highest BCUT2D eigenvalue weighted by Gasteiger charge is 2.50. The van der Waals surface area contributed by atoms with E-state index < -0.39 is 0 Å². The van der Waals surface area contributed by atoms with E-state index in [9.17, 15) is 9.90 Å². The van der Waals surface area contributed by atoms with Crippen molar-refractivity contribution in [3.8, 4) is 0 Å². The number of anilines is 1. The van der Waals surface area contributed by atoms with Crippen LogP contribution in [0.1, 0.15) is 44.9 Å². The number of carbonyl (C=O) groups excluding carboxylic acids is 1. The Labute approximate surface area is 141 Å². The van der Waals surface area contributed by atoms with Crippen LogP contribution in [0.2, 0.25) is 0 Å². The van der Waals surface area contributed by atoms with Gasteiger partial charge in [0.15, 0.2) is 5.13 Å². The first-order valence-electron chi connectivity index (χ1n) is 8.82. The van der Waals surface area contributed by atoms with Gasteiger partial charge in [0.2, 0.25) is 5.91 Å². The van der Waals surface area contributed by atoms with Crippen LogP contribution in [-0.2, 0) is 4.79 Å². The second-order valence-corrected chi connectivity index (χ2v) is 8.20. The van der Waals surface area contributed by atoms with Crippen molar-refractivity contribution in [2.45, 2.75) is 57.1 Å². The number of likely N-dealkylation sites (tertiary alicyclic amines) is 1. The second kappa shape index (κ2) is 6.06. The van der Waals surface area contributed by atoms with E-state index in [4.69, 9.17) is 0 Å². The minimum atomic E-state index is -0.194. The molecule has 0 unspecified atom stereocenters. The molecule has 126 valence electrons. The lowest BCUT2D eigenvalue weighted by Crippen LogP contribution is -2.50. The summed E-state index contributed by atoms with van der Waals surface area (Å²) in [6.07, 6.45) is 8.34. The zero-order chi connectivity index (χ0) is 15.9. The van der Waals surface area contributed by atoms with Crippen molar-refractivity contribution in [1.82, 2.24) is 9.88 Å². The van der Waals surface area contributed by atoms with Crippen molar-refractivity contribution in [3.63, 3.8) is 0 Å². The van der Waals surface area contributed by atoms with Gasteiger partial charge in [0.05, 0.1) is 11.5 Å². The van der Waals surface area contributed by atoms with Gasteiger partial charge in [0.1, 0.15) is 0 Å². The normalized spacial score (nSPS) is 35.3. The maximum absolute atomic E-state index is 13.2. The molecule has 1 aliphatic carbocycles. The van der Waals surface area contributed by atoms with Crippen LogP contribution < -0.4 is 4.90 Å². The molecule has 2 saturated heterocycles. The summed E-state index contributed by atoms with van der Waals surface area (Å²) in [7, 11) is 0. The molecule has 1 N–H and O–H groups in total. The summed E-state index contributed by atoms with van der Waals surface area (Å²) >= 11 is 1.66. The third-order valence-electron chi connectivity index (χ3n) is 5.92. The third kappa shape index (κ3) is 2.76. The van der Waals surface area contributed by atoms with Crippen molar-refractivity contribution in [3.05, 3.63) is 11.6 Å². The molecule has 0 aromatic carbocycles. The number of aromatic nitrogens is 1. The molecule has 1 aromatic rings. The molecule has 5 nitrogen and oxygen atoms in total. The fourth-order valence-corrected chi connectivity index (χ4v) is 5.28. The maximum Gasteiger partial charge on any atom is 0.230 e. The van der Waals surface area contributed by atoms with E-state index in [0.29, 0.717) is 11.9 Å². The largest absolute Gasteiger partial charge is 0.393 e. The summed E-state index contributed by atoms with van der Waals surface area (Å²) in [4.78, 5) is 22.1. The van der Waals surface area contributed by atoms with Crippen molar-refractivity contribution >= 4 is 22.4 Å². The van der Waals surface area contributed by atoms with E-state index in [1.165, 1.54) is 0 Å². The molecule has 0 radical (unpaired) electrons. The number of hydrogen-bond acceptors (Lipinski definition) is 5. The average molecular weight is 335 g/mol. The van der Waals surface area contributed by atoms with E-state index in [1.807, 2.05) is 11.6 Å². The molecule has 23 heavy (non-hydrogen) atoms. The van der Waals surface area contributed by atoms with Crippen molar-refractivity contribution in [1.29, 1.82) is 0 Å². The summed E-state index contributed by atoms with van der Waals surface area (Å²) in [6.45, 7) is 2.73. The van der Waals surface area contributed by atoms with Crippen LogP contribution in [0.5, 0.6) is 0 Å². The topological polar surface area (TPSA) is 56.7 Å². The highest BCUT2D eigenvalue weighted by molar-refractivity contribution is 7.13. The quantitative estimate of drug-likeness (QED) is 0.901. The smallest absolute Gasteiger partial charge is 0.230 e. The number of amides is 1. The van der Waals surface area contributed by atoms with Crippen LogP contribution in [0.15, 0.2) is 11.6 Å². The van der Waals surface area contributed by atoms with Gasteiger partial charge < -0.3 is 14.9 Å². The predicted molar refractivity (Wildman–Crippen MR) is 90.6 cm³/mol. The standard InChI is InChI=1S/C17H25N3O2S/c21-14-4-2-13(3-5-14)20-10-7-17(15(20)22)6-1-9-19(12-17)16-18-8-11-23-16/h8,11,13-14,21H,1-7,9-10,12H2/t13-,14-,17-/m0/s1. The van der Waals surface area contributed by atoms with E-state index in [1.54, 1.807) is 11.3 Å². The first-order chi connectivity index (χ1) is 11.2. The number of aliphatic hydroxyl groups excluding tert-OH is 1. The van der Waals surface area contributed by atoms with Gasteiger partial charge in [0, 0.05) is 37.3 Å². The van der Waals surface area contributed by atoms with Gasteiger partial charge in [-0.2, -0.15) is 0 Å². The molecule has 0 bridgehead atoms. The lowest BCUT2D eigenvalue weighted by atomic mass is 9.78. The number of piperidine rings is 1. The summed E-state index contributed by atoms with van der Waals surface area (Å²) in [6, 6.07) is 0.348. The lowest BCUT2D eigenvalue weighted by Gasteiger charge is -2.40. The van der Waals surface area contributed by atoms with Crippen LogP contribution in [0, 0.1) is 5.41 Å². The molecule has 1 amide bonds. The number of carbonyl (C=O) groups is 1. The van der Waals surface area contributed by atoms with Crippen LogP contribution in [0.3, 0.4) is 0 Å². The Balaban J connectivity index is 1.47. The fraction of sp³-hybridized carbons (Fsp3) is 0.765. The van der Waals surface area contributed by atoms with Gasteiger partial charge in [0.25, 0.3) is 0 Å². The molecule has 3 heterocycles. The van der Waals surface area contributed by atoms with Crippen LogP contribution >= 0.6 is 11.3 Å². The van der Waals surface area contributed by atoms with E-state index in [2.05, 4.69) is 14.8 Å². The van der Waals surface area contributed by atoms with E-state index in [0.717, 1.165) is 69.7 Å². The maximum atomic E-state index is 13.2. The monoisotopic (exact) mass is 335 g/mol. The molecule has 1 spiro atoms. The molecule has 3 fully saturated rings. The molecule has 2 aliphatic heterocycles. The molecular weight excluding hydrogens is 310 g/mol. The Kier molecular flexibility index (Phi) is 4.05. The molecule has 6 heteroatoms. The molecule has 4 rings (SSSR count). The number of aliphatic hydroxyl groups is 1. The van der Waals surface area contributed by atoms with Crippen LogP contribution in [0.4, 0.5) is 5.13 Å². The minimum Gasteiger partial charge on any atom is -0.393 e. The van der Waals surface area contributed by atoms with Crippen molar-refractivity contribution < 1.29 is 9.90 Å². The average Bonchev–Trinajstić information content (AvgIpc) is 3.20. The molecule has 1 atom stereocenters. The summed E-state index contributed by atoms with van der Waals surface area (Å²) in [5, 5.41) is 12.8. The second-order valence-electron chi connectivity index (χ2n) is 7.33. The molecule has 3 aliphatic rings. The lowest BCUT2D eigenvalue weighted by molar-refractivity contribution is -0.139. The Morgan fingerprint density at radius 2 is 2.04 bits per heavy atom.